The summed E-state index contributed by atoms with van der Waals surface area (Å²) in [6.45, 7) is 49.5. The molecular weight excluding hydrogens is 769 g/mol. The second kappa shape index (κ2) is 44.2. The van der Waals surface area contributed by atoms with Gasteiger partial charge < -0.3 is 0 Å². The molecule has 8 rings (SSSR count). The van der Waals surface area contributed by atoms with Gasteiger partial charge in [0.25, 0.3) is 0 Å². The SMILES string of the molecule is C1CCC2C(C1)CCC2CC1CCC2CCCCC21.C1CCC2C(C1)CCC2CC1CCC2CCCCC21.CC.CC.CC.CC.CC.CC.CC.CC.CC(C)(C)C.CC(C)(C)C. The molecule has 0 amide bonds. The van der Waals surface area contributed by atoms with E-state index in [1.54, 1.807) is 167 Å². The highest BCUT2D eigenvalue weighted by Crippen LogP contribution is 2.55. The quantitative estimate of drug-likeness (QED) is 0.264. The molecule has 64 heavy (non-hydrogen) atoms. The van der Waals surface area contributed by atoms with Crippen molar-refractivity contribution >= 4 is 0 Å². The number of hydrogen-bond acceptors (Lipinski definition) is 0. The molecule has 0 bridgehead atoms. The van der Waals surface area contributed by atoms with E-state index >= 15 is 0 Å². The van der Waals surface area contributed by atoms with Crippen LogP contribution in [-0.2, 0) is 0 Å². The third-order valence-corrected chi connectivity index (χ3v) is 15.1. The van der Waals surface area contributed by atoms with E-state index in [9.17, 15) is 0 Å². The molecule has 0 N–H and O–H groups in total. The van der Waals surface area contributed by atoms with Gasteiger partial charge in [0.1, 0.15) is 0 Å². The molecule has 0 aromatic rings. The van der Waals surface area contributed by atoms with E-state index in [0.717, 1.165) is 71.0 Å². The highest BCUT2D eigenvalue weighted by molar-refractivity contribution is 4.95. The molecule has 12 unspecified atom stereocenters. The zero-order valence-corrected chi connectivity index (χ0v) is 50.3. The lowest BCUT2D eigenvalue weighted by atomic mass is 9.72. The minimum Gasteiger partial charge on any atom is -0.0683 e. The molecule has 8 fully saturated rings. The van der Waals surface area contributed by atoms with Gasteiger partial charge in [-0.05, 0) is 172 Å². The predicted molar refractivity (Wildman–Crippen MR) is 303 cm³/mol. The van der Waals surface area contributed by atoms with Gasteiger partial charge in [-0.2, -0.15) is 0 Å². The minimum atomic E-state index is 0.500. The molecule has 8 saturated carbocycles. The van der Waals surface area contributed by atoms with Crippen LogP contribution >= 0.6 is 0 Å². The molecule has 0 nitrogen and oxygen atoms in total. The van der Waals surface area contributed by atoms with Crippen molar-refractivity contribution in [3.8, 4) is 0 Å². The van der Waals surface area contributed by atoms with E-state index in [1.807, 2.05) is 111 Å². The van der Waals surface area contributed by atoms with E-state index in [0.29, 0.717) is 10.8 Å². The highest BCUT2D eigenvalue weighted by Gasteiger charge is 2.44. The molecular formula is C64H136. The summed E-state index contributed by atoms with van der Waals surface area (Å²) in [6.07, 6.45) is 41.1. The van der Waals surface area contributed by atoms with Crippen molar-refractivity contribution in [1.29, 1.82) is 0 Å². The Morgan fingerprint density at radius 3 is 0.516 bits per heavy atom. The summed E-state index contributed by atoms with van der Waals surface area (Å²) in [5.74, 6) is 13.9. The van der Waals surface area contributed by atoms with Crippen molar-refractivity contribution in [2.45, 2.75) is 333 Å². The van der Waals surface area contributed by atoms with E-state index in [1.165, 1.54) is 0 Å². The fourth-order valence-electron chi connectivity index (χ4n) is 13.4. The van der Waals surface area contributed by atoms with Crippen molar-refractivity contribution in [3.63, 3.8) is 0 Å². The average molecular weight is 906 g/mol. The maximum absolute atomic E-state index is 2.19. The van der Waals surface area contributed by atoms with E-state index in [2.05, 4.69) is 55.4 Å². The smallest absolute Gasteiger partial charge is 0.0357 e. The molecule has 0 saturated heterocycles. The summed E-state index contributed by atoms with van der Waals surface area (Å²) in [6, 6.07) is 0. The first-order valence-corrected chi connectivity index (χ1v) is 30.8. The van der Waals surface area contributed by atoms with Crippen LogP contribution in [0.4, 0.5) is 0 Å². The number of rotatable bonds is 4. The Hall–Kier alpha value is 0. The second-order valence-electron chi connectivity index (χ2n) is 22.7. The van der Waals surface area contributed by atoms with Crippen molar-refractivity contribution in [2.75, 3.05) is 0 Å². The Balaban J connectivity index is -0.000000373. The van der Waals surface area contributed by atoms with Gasteiger partial charge in [0.2, 0.25) is 0 Å². The first kappa shape index (κ1) is 70.6. The van der Waals surface area contributed by atoms with Gasteiger partial charge in [0, 0.05) is 0 Å². The molecule has 8 aliphatic carbocycles. The van der Waals surface area contributed by atoms with Crippen LogP contribution in [0.15, 0.2) is 0 Å². The Morgan fingerprint density at radius 1 is 0.219 bits per heavy atom. The minimum absolute atomic E-state index is 0.500. The van der Waals surface area contributed by atoms with Crippen LogP contribution in [0.3, 0.4) is 0 Å². The fourth-order valence-corrected chi connectivity index (χ4v) is 13.4. The summed E-state index contributed by atoms with van der Waals surface area (Å²) in [5, 5.41) is 0. The lowest BCUT2D eigenvalue weighted by molar-refractivity contribution is 0.164. The summed E-state index contributed by atoms with van der Waals surface area (Å²) in [5.41, 5.74) is 1.00. The summed E-state index contributed by atoms with van der Waals surface area (Å²) >= 11 is 0. The van der Waals surface area contributed by atoms with Gasteiger partial charge in [-0.1, -0.05) is 243 Å². The van der Waals surface area contributed by atoms with Gasteiger partial charge in [0.15, 0.2) is 0 Å². The fraction of sp³-hybridized carbons (Fsp3) is 1.00. The standard InChI is InChI=1S/2C19H32.2C5H12.8C2H6/c2*1-3-7-18-14(5-1)9-11-16(18)13-17-12-10-15-6-2-4-8-19(15)17;2*1-5(2,3)4;8*1-2/h2*14-19H,1-13H2;2*1-4H3;8*1-2H3. The average Bonchev–Trinajstić information content (AvgIpc) is 4.15. The first-order valence-electron chi connectivity index (χ1n) is 30.8. The van der Waals surface area contributed by atoms with Crippen molar-refractivity contribution in [3.05, 3.63) is 0 Å². The van der Waals surface area contributed by atoms with Crippen molar-refractivity contribution < 1.29 is 0 Å². The predicted octanol–water partition coefficient (Wildman–Crippen LogP) is 23.9. The lowest BCUT2D eigenvalue weighted by Gasteiger charge is -2.34. The molecule has 0 spiro atoms. The van der Waals surface area contributed by atoms with Crippen LogP contribution in [0.2, 0.25) is 0 Å². The van der Waals surface area contributed by atoms with Gasteiger partial charge in [-0.3, -0.25) is 0 Å². The zero-order chi connectivity index (χ0) is 50.3. The monoisotopic (exact) mass is 905 g/mol. The molecule has 0 heteroatoms. The van der Waals surface area contributed by atoms with Crippen LogP contribution in [0, 0.1) is 81.8 Å². The van der Waals surface area contributed by atoms with Gasteiger partial charge >= 0.3 is 0 Å². The van der Waals surface area contributed by atoms with Crippen LogP contribution in [0.1, 0.15) is 333 Å². The number of fused-ring (bicyclic) bond motifs is 4. The Labute approximate surface area is 413 Å². The Kier molecular flexibility index (Phi) is 48.8. The molecule has 8 aliphatic rings. The van der Waals surface area contributed by atoms with Crippen LogP contribution in [0.25, 0.3) is 0 Å². The summed E-state index contributed by atoms with van der Waals surface area (Å²) < 4.78 is 0. The third-order valence-electron chi connectivity index (χ3n) is 15.1. The molecule has 0 radical (unpaired) electrons. The maximum Gasteiger partial charge on any atom is -0.0357 e. The summed E-state index contributed by atoms with van der Waals surface area (Å²) in [7, 11) is 0. The molecule has 0 aromatic carbocycles. The third kappa shape index (κ3) is 29.8. The van der Waals surface area contributed by atoms with Gasteiger partial charge in [-0.15, -0.1) is 0 Å². The summed E-state index contributed by atoms with van der Waals surface area (Å²) in [4.78, 5) is 0. The maximum atomic E-state index is 2.19. The highest BCUT2D eigenvalue weighted by atomic mass is 14.5. The Bertz CT molecular complexity index is 754. The first-order chi connectivity index (χ1) is 30.8. The lowest BCUT2D eigenvalue weighted by Crippen LogP contribution is -2.24. The molecule has 0 heterocycles. The Morgan fingerprint density at radius 2 is 0.359 bits per heavy atom. The number of hydrogen-bond donors (Lipinski definition) is 0. The van der Waals surface area contributed by atoms with Crippen LogP contribution < -0.4 is 0 Å². The van der Waals surface area contributed by atoms with Gasteiger partial charge in [0.05, 0.1) is 0 Å². The molecule has 12 atom stereocenters. The zero-order valence-electron chi connectivity index (χ0n) is 50.3. The largest absolute Gasteiger partial charge is 0.0683 e. The van der Waals surface area contributed by atoms with E-state index in [4.69, 9.17) is 0 Å². The van der Waals surface area contributed by atoms with Crippen LogP contribution in [0.5, 0.6) is 0 Å². The topological polar surface area (TPSA) is 0 Å². The van der Waals surface area contributed by atoms with Crippen molar-refractivity contribution in [1.82, 2.24) is 0 Å². The molecule has 0 aromatic heterocycles. The molecule has 0 aliphatic heterocycles. The second-order valence-corrected chi connectivity index (χ2v) is 22.7. The van der Waals surface area contributed by atoms with E-state index < -0.39 is 0 Å². The van der Waals surface area contributed by atoms with Crippen molar-refractivity contribution in [2.24, 2.45) is 81.8 Å². The van der Waals surface area contributed by atoms with Crippen LogP contribution in [-0.4, -0.2) is 0 Å². The molecule has 392 valence electrons. The normalized spacial score (nSPS) is 32.2. The van der Waals surface area contributed by atoms with E-state index in [-0.39, 0.29) is 0 Å². The van der Waals surface area contributed by atoms with Gasteiger partial charge in [-0.25, -0.2) is 0 Å².